The normalized spacial score (nSPS) is 18.0. The predicted molar refractivity (Wildman–Crippen MR) is 138 cm³/mol. The number of anilines is 1. The Hall–Kier alpha value is -3.52. The molecule has 182 valence electrons. The van der Waals surface area contributed by atoms with Crippen LogP contribution in [0.15, 0.2) is 36.7 Å². The van der Waals surface area contributed by atoms with Crippen LogP contribution in [0.2, 0.25) is 0 Å². The average Bonchev–Trinajstić information content (AvgIpc) is 3.40. The zero-order valence-electron chi connectivity index (χ0n) is 20.8. The number of pyridine rings is 2. The van der Waals surface area contributed by atoms with Gasteiger partial charge in [0.1, 0.15) is 11.4 Å². The van der Waals surface area contributed by atoms with E-state index in [0.717, 1.165) is 44.7 Å². The highest BCUT2D eigenvalue weighted by atomic mass is 16.3. The second kappa shape index (κ2) is 8.92. The number of benzene rings is 1. The minimum atomic E-state index is -0.968. The Labute approximate surface area is 205 Å². The first-order chi connectivity index (χ1) is 16.7. The maximum atomic E-state index is 12.9. The van der Waals surface area contributed by atoms with Gasteiger partial charge >= 0.3 is 0 Å². The van der Waals surface area contributed by atoms with E-state index < -0.39 is 5.60 Å². The van der Waals surface area contributed by atoms with Gasteiger partial charge in [-0.15, -0.1) is 0 Å². The van der Waals surface area contributed by atoms with Crippen molar-refractivity contribution >= 4 is 33.5 Å². The maximum absolute atomic E-state index is 12.9. The predicted octanol–water partition coefficient (Wildman–Crippen LogP) is 3.46. The molecule has 35 heavy (non-hydrogen) atoms. The van der Waals surface area contributed by atoms with Gasteiger partial charge in [-0.3, -0.25) is 14.8 Å². The van der Waals surface area contributed by atoms with E-state index >= 15 is 0 Å². The van der Waals surface area contributed by atoms with Crippen LogP contribution in [0.1, 0.15) is 35.5 Å². The van der Waals surface area contributed by atoms with E-state index in [1.165, 1.54) is 5.56 Å². The average molecular weight is 473 g/mol. The molecule has 4 heterocycles. The first kappa shape index (κ1) is 23.2. The summed E-state index contributed by atoms with van der Waals surface area (Å²) in [6.45, 7) is 7.56. The highest BCUT2D eigenvalue weighted by Crippen LogP contribution is 2.32. The maximum Gasteiger partial charge on any atom is 0.222 e. The number of nitrogens with zero attached hydrogens (tertiary/aromatic N) is 5. The van der Waals surface area contributed by atoms with E-state index in [9.17, 15) is 9.90 Å². The number of likely N-dealkylation sites (N-methyl/N-ethyl adjacent to an activating group) is 1. The molecular formula is C27H32N6O2. The molecule has 1 atom stereocenters. The van der Waals surface area contributed by atoms with Crippen molar-refractivity contribution in [3.8, 4) is 0 Å². The fourth-order valence-corrected chi connectivity index (χ4v) is 5.22. The summed E-state index contributed by atoms with van der Waals surface area (Å²) in [5.41, 5.74) is 6.17. The van der Waals surface area contributed by atoms with Gasteiger partial charge in [-0.25, -0.2) is 4.98 Å². The van der Waals surface area contributed by atoms with Crippen LogP contribution >= 0.6 is 0 Å². The number of amides is 1. The molecule has 4 aromatic rings. The van der Waals surface area contributed by atoms with Crippen molar-refractivity contribution in [3.05, 3.63) is 59.3 Å². The Morgan fingerprint density at radius 2 is 2.06 bits per heavy atom. The molecule has 8 nitrogen and oxygen atoms in total. The smallest absolute Gasteiger partial charge is 0.222 e. The van der Waals surface area contributed by atoms with E-state index in [1.54, 1.807) is 18.1 Å². The van der Waals surface area contributed by atoms with Crippen LogP contribution < -0.4 is 4.90 Å². The number of hydrogen-bond acceptors (Lipinski definition) is 6. The molecule has 5 rings (SSSR count). The van der Waals surface area contributed by atoms with E-state index in [0.29, 0.717) is 38.9 Å². The molecule has 0 bridgehead atoms. The van der Waals surface area contributed by atoms with Gasteiger partial charge < -0.3 is 19.9 Å². The van der Waals surface area contributed by atoms with Gasteiger partial charge in [0.2, 0.25) is 5.91 Å². The zero-order chi connectivity index (χ0) is 24.7. The summed E-state index contributed by atoms with van der Waals surface area (Å²) in [5.74, 6) is 0.814. The van der Waals surface area contributed by atoms with Crippen molar-refractivity contribution in [1.29, 1.82) is 0 Å². The third-order valence-corrected chi connectivity index (χ3v) is 6.89. The van der Waals surface area contributed by atoms with Crippen LogP contribution in [0.25, 0.3) is 21.9 Å². The number of imidazole rings is 1. The highest BCUT2D eigenvalue weighted by Gasteiger charge is 2.38. The number of fused-ring (bicyclic) bond motifs is 2. The van der Waals surface area contributed by atoms with Crippen molar-refractivity contribution in [3.63, 3.8) is 0 Å². The molecule has 0 spiro atoms. The highest BCUT2D eigenvalue weighted by molar-refractivity contribution is 5.91. The molecule has 0 aliphatic carbocycles. The summed E-state index contributed by atoms with van der Waals surface area (Å²) in [5, 5.41) is 12.3. The van der Waals surface area contributed by atoms with Gasteiger partial charge in [0.25, 0.3) is 0 Å². The number of nitrogens with one attached hydrogen (secondary N) is 1. The zero-order valence-corrected chi connectivity index (χ0v) is 20.8. The van der Waals surface area contributed by atoms with E-state index in [4.69, 9.17) is 0 Å². The molecule has 1 aliphatic rings. The molecule has 2 N–H and O–H groups in total. The number of hydrogen-bond donors (Lipinski definition) is 2. The number of aryl methyl sites for hydroxylation is 4. The summed E-state index contributed by atoms with van der Waals surface area (Å²) >= 11 is 0. The largest absolute Gasteiger partial charge is 0.386 e. The molecule has 3 aromatic heterocycles. The van der Waals surface area contributed by atoms with Crippen LogP contribution in [-0.2, 0) is 11.2 Å². The Bertz CT molecular complexity index is 1410. The van der Waals surface area contributed by atoms with Crippen molar-refractivity contribution in [2.45, 2.75) is 45.6 Å². The van der Waals surface area contributed by atoms with Gasteiger partial charge in [0.05, 0.1) is 23.1 Å². The fourth-order valence-electron chi connectivity index (χ4n) is 5.22. The van der Waals surface area contributed by atoms with Gasteiger partial charge in [-0.1, -0.05) is 6.07 Å². The SMILES string of the molecule is Cc1cc(C)c2nc(CCC(=O)N(C)CC3(O)CCN(c4cc(C)nc5ccncc45)C3)[nH]c2c1. The molecule has 1 aromatic carbocycles. The Morgan fingerprint density at radius 1 is 1.23 bits per heavy atom. The molecule has 1 fully saturated rings. The molecule has 1 unspecified atom stereocenters. The van der Waals surface area contributed by atoms with Crippen LogP contribution in [-0.4, -0.2) is 68.1 Å². The summed E-state index contributed by atoms with van der Waals surface area (Å²) < 4.78 is 0. The van der Waals surface area contributed by atoms with E-state index in [2.05, 4.69) is 50.8 Å². The number of H-pyrrole nitrogens is 1. The lowest BCUT2D eigenvalue weighted by Crippen LogP contribution is -2.46. The minimum absolute atomic E-state index is 0.000334. The lowest BCUT2D eigenvalue weighted by molar-refractivity contribution is -0.132. The van der Waals surface area contributed by atoms with E-state index in [1.807, 2.05) is 25.3 Å². The van der Waals surface area contributed by atoms with Crippen molar-refractivity contribution < 1.29 is 9.90 Å². The molecule has 0 radical (unpaired) electrons. The molecule has 1 amide bonds. The molecule has 8 heteroatoms. The summed E-state index contributed by atoms with van der Waals surface area (Å²) in [4.78, 5) is 33.6. The van der Waals surface area contributed by atoms with Gasteiger partial charge in [0.15, 0.2) is 0 Å². The van der Waals surface area contributed by atoms with Crippen LogP contribution in [0.4, 0.5) is 5.69 Å². The summed E-state index contributed by atoms with van der Waals surface area (Å²) in [6.07, 6.45) is 5.04. The van der Waals surface area contributed by atoms with E-state index in [-0.39, 0.29) is 5.91 Å². The lowest BCUT2D eigenvalue weighted by Gasteiger charge is -2.29. The third-order valence-electron chi connectivity index (χ3n) is 6.89. The van der Waals surface area contributed by atoms with Crippen molar-refractivity contribution in [1.82, 2.24) is 24.8 Å². The Kier molecular flexibility index (Phi) is 5.92. The molecular weight excluding hydrogens is 440 g/mol. The number of carbonyl (C=O) groups is 1. The third kappa shape index (κ3) is 4.71. The van der Waals surface area contributed by atoms with Gasteiger partial charge in [0, 0.05) is 62.1 Å². The second-order valence-corrected chi connectivity index (χ2v) is 9.98. The Balaban J connectivity index is 1.23. The van der Waals surface area contributed by atoms with Crippen molar-refractivity contribution in [2.24, 2.45) is 0 Å². The van der Waals surface area contributed by atoms with Crippen molar-refractivity contribution in [2.75, 3.05) is 31.6 Å². The first-order valence-electron chi connectivity index (χ1n) is 12.1. The number of β-amino-alcohol motifs (C(OH)–C–C–N with tert-alkyl or cyclic N) is 1. The Morgan fingerprint density at radius 3 is 2.89 bits per heavy atom. The number of aliphatic hydroxyl groups is 1. The van der Waals surface area contributed by atoms with Gasteiger partial charge in [-0.05, 0) is 56.5 Å². The second-order valence-electron chi connectivity index (χ2n) is 9.98. The summed E-state index contributed by atoms with van der Waals surface area (Å²) in [6, 6.07) is 8.15. The molecule has 1 aliphatic heterocycles. The minimum Gasteiger partial charge on any atom is -0.386 e. The monoisotopic (exact) mass is 472 g/mol. The van der Waals surface area contributed by atoms with Crippen LogP contribution in [0, 0.1) is 20.8 Å². The number of carbonyl (C=O) groups excluding carboxylic acids is 1. The quantitative estimate of drug-likeness (QED) is 0.446. The van der Waals surface area contributed by atoms with Gasteiger partial charge in [-0.2, -0.15) is 0 Å². The number of aromatic nitrogens is 4. The molecule has 1 saturated heterocycles. The van der Waals surface area contributed by atoms with Crippen LogP contribution in [0.5, 0.6) is 0 Å². The summed E-state index contributed by atoms with van der Waals surface area (Å²) in [7, 11) is 1.77. The van der Waals surface area contributed by atoms with Crippen LogP contribution in [0.3, 0.4) is 0 Å². The number of rotatable bonds is 6. The number of aromatic amines is 1. The topological polar surface area (TPSA) is 98.2 Å². The first-order valence-corrected chi connectivity index (χ1v) is 12.1. The standard InChI is InChI=1S/C27H32N6O2/c1-17-11-18(2)26-22(12-17)30-24(31-26)5-6-25(34)32(4)15-27(35)8-10-33(16-27)23-13-19(3)29-21-7-9-28-14-20(21)23/h7,9,11-14,35H,5-6,8,10,15-16H2,1-4H3,(H,30,31). The fraction of sp³-hybridized carbons (Fsp3) is 0.407. The molecule has 0 saturated carbocycles. The lowest BCUT2D eigenvalue weighted by atomic mass is 10.0.